The van der Waals surface area contributed by atoms with Crippen LogP contribution in [0.4, 0.5) is 17.1 Å². The van der Waals surface area contributed by atoms with Crippen LogP contribution >= 0.6 is 11.6 Å². The van der Waals surface area contributed by atoms with Crippen LogP contribution in [0.1, 0.15) is 15.9 Å². The largest absolute Gasteiger partial charge is 0.505 e. The molecule has 0 aliphatic carbocycles. The molecule has 0 aliphatic heterocycles. The van der Waals surface area contributed by atoms with Gasteiger partial charge in [-0.15, -0.1) is 10.2 Å². The van der Waals surface area contributed by atoms with Gasteiger partial charge in [0.05, 0.1) is 18.4 Å². The van der Waals surface area contributed by atoms with E-state index >= 15 is 0 Å². The lowest BCUT2D eigenvalue weighted by atomic mass is 10.0. The fourth-order valence-corrected chi connectivity index (χ4v) is 4.41. The van der Waals surface area contributed by atoms with Gasteiger partial charge in [-0.2, -0.15) is 8.42 Å². The summed E-state index contributed by atoms with van der Waals surface area (Å²) in [5.74, 6) is -0.673. The minimum atomic E-state index is -4.64. The summed E-state index contributed by atoms with van der Waals surface area (Å²) in [6.07, 6.45) is 0. The highest BCUT2D eigenvalue weighted by molar-refractivity contribution is 7.86. The number of rotatable bonds is 6. The Labute approximate surface area is 211 Å². The molecule has 4 aromatic rings. The predicted octanol–water partition coefficient (Wildman–Crippen LogP) is 6.43. The number of anilines is 1. The van der Waals surface area contributed by atoms with Gasteiger partial charge < -0.3 is 15.2 Å². The number of azo groups is 1. The highest BCUT2D eigenvalue weighted by Crippen LogP contribution is 2.41. The summed E-state index contributed by atoms with van der Waals surface area (Å²) in [4.78, 5) is 12.6. The number of hydrogen-bond acceptors (Lipinski definition) is 7. The number of nitrogens with one attached hydrogen (secondary N) is 1. The van der Waals surface area contributed by atoms with Crippen molar-refractivity contribution in [3.63, 3.8) is 0 Å². The first kappa shape index (κ1) is 25.1. The Kier molecular flexibility index (Phi) is 6.93. The van der Waals surface area contributed by atoms with E-state index in [1.807, 2.05) is 0 Å². The third-order valence-electron chi connectivity index (χ3n) is 5.37. The van der Waals surface area contributed by atoms with Crippen LogP contribution in [0.5, 0.6) is 11.5 Å². The van der Waals surface area contributed by atoms with E-state index in [0.717, 1.165) is 0 Å². The molecule has 0 bridgehead atoms. The molecule has 0 unspecified atom stereocenters. The van der Waals surface area contributed by atoms with E-state index in [2.05, 4.69) is 15.5 Å². The Hall–Kier alpha value is -3.99. The summed E-state index contributed by atoms with van der Waals surface area (Å²) in [5, 5.41) is 23.0. The van der Waals surface area contributed by atoms with Crippen LogP contribution in [-0.2, 0) is 10.1 Å². The number of phenolic OH excluding ortho intramolecular Hbond substituents is 1. The minimum absolute atomic E-state index is 0.0729. The number of carbonyl (C=O) groups is 1. The number of carbonyl (C=O) groups excluding carboxylic acids is 1. The van der Waals surface area contributed by atoms with Gasteiger partial charge in [-0.3, -0.25) is 9.35 Å². The van der Waals surface area contributed by atoms with Gasteiger partial charge >= 0.3 is 0 Å². The molecule has 0 heterocycles. The Bertz CT molecular complexity index is 1640. The molecule has 3 N–H and O–H groups in total. The molecule has 4 rings (SSSR count). The van der Waals surface area contributed by atoms with E-state index in [0.29, 0.717) is 27.8 Å². The van der Waals surface area contributed by atoms with Crippen LogP contribution in [0.3, 0.4) is 0 Å². The highest BCUT2D eigenvalue weighted by Gasteiger charge is 2.21. The van der Waals surface area contributed by atoms with Gasteiger partial charge in [0.15, 0.2) is 5.75 Å². The van der Waals surface area contributed by atoms with Gasteiger partial charge in [0, 0.05) is 10.4 Å². The lowest BCUT2D eigenvalue weighted by Crippen LogP contribution is -2.13. The van der Waals surface area contributed by atoms with Crippen molar-refractivity contribution in [2.75, 3.05) is 12.4 Å². The van der Waals surface area contributed by atoms with E-state index in [-0.39, 0.29) is 22.0 Å². The lowest BCUT2D eigenvalue weighted by molar-refractivity contribution is 0.102. The highest BCUT2D eigenvalue weighted by atomic mass is 35.5. The van der Waals surface area contributed by atoms with Crippen LogP contribution in [0.25, 0.3) is 10.8 Å². The lowest BCUT2D eigenvalue weighted by Gasteiger charge is -2.13. The number of benzene rings is 4. The van der Waals surface area contributed by atoms with E-state index < -0.39 is 26.7 Å². The summed E-state index contributed by atoms with van der Waals surface area (Å²) in [6, 6.07) is 17.5. The molecule has 1 amide bonds. The number of fused-ring (bicyclic) bond motifs is 1. The molecule has 11 heteroatoms. The van der Waals surface area contributed by atoms with Gasteiger partial charge in [-0.1, -0.05) is 48.0 Å². The number of hydrogen-bond donors (Lipinski definition) is 3. The van der Waals surface area contributed by atoms with Crippen LogP contribution < -0.4 is 10.1 Å². The summed E-state index contributed by atoms with van der Waals surface area (Å²) in [6.45, 7) is 1.57. The molecular weight excluding hydrogens is 506 g/mol. The van der Waals surface area contributed by atoms with Gasteiger partial charge in [-0.05, 0) is 48.2 Å². The number of para-hydroxylation sites is 2. The first-order chi connectivity index (χ1) is 17.1. The number of nitrogens with zero attached hydrogens (tertiary/aromatic N) is 2. The zero-order valence-corrected chi connectivity index (χ0v) is 20.6. The number of aryl methyl sites for hydroxylation is 1. The second-order valence-corrected chi connectivity index (χ2v) is 9.54. The summed E-state index contributed by atoms with van der Waals surface area (Å²) < 4.78 is 38.6. The average molecular weight is 526 g/mol. The van der Waals surface area contributed by atoms with Crippen molar-refractivity contribution in [1.29, 1.82) is 0 Å². The molecule has 0 atom stereocenters. The van der Waals surface area contributed by atoms with E-state index in [9.17, 15) is 22.9 Å². The van der Waals surface area contributed by atoms with Crippen molar-refractivity contribution < 1.29 is 27.6 Å². The monoisotopic (exact) mass is 525 g/mol. The van der Waals surface area contributed by atoms with Gasteiger partial charge in [0.25, 0.3) is 16.0 Å². The molecule has 0 spiro atoms. The van der Waals surface area contributed by atoms with Crippen molar-refractivity contribution in [1.82, 2.24) is 0 Å². The summed E-state index contributed by atoms with van der Waals surface area (Å²) in [5.41, 5.74) is 0.404. The third-order valence-corrected chi connectivity index (χ3v) is 6.66. The van der Waals surface area contributed by atoms with Crippen molar-refractivity contribution in [2.24, 2.45) is 10.2 Å². The molecule has 0 fully saturated rings. The summed E-state index contributed by atoms with van der Waals surface area (Å²) in [7, 11) is -3.18. The van der Waals surface area contributed by atoms with Gasteiger partial charge in [-0.25, -0.2) is 0 Å². The first-order valence-corrected chi connectivity index (χ1v) is 12.3. The quantitative estimate of drug-likeness (QED) is 0.196. The van der Waals surface area contributed by atoms with E-state index in [1.54, 1.807) is 55.5 Å². The Morgan fingerprint density at radius 1 is 1.03 bits per heavy atom. The fourth-order valence-electron chi connectivity index (χ4n) is 3.56. The topological polar surface area (TPSA) is 138 Å². The third kappa shape index (κ3) is 5.01. The second-order valence-electron chi connectivity index (χ2n) is 7.74. The van der Waals surface area contributed by atoms with Crippen LogP contribution in [0.15, 0.2) is 81.9 Å². The smallest absolute Gasteiger partial charge is 0.296 e. The van der Waals surface area contributed by atoms with Crippen molar-refractivity contribution in [2.45, 2.75) is 11.8 Å². The van der Waals surface area contributed by atoms with Crippen LogP contribution in [0, 0.1) is 6.92 Å². The molecule has 184 valence electrons. The molecule has 0 aromatic heterocycles. The Balaban J connectivity index is 1.85. The van der Waals surface area contributed by atoms with E-state index in [1.165, 1.54) is 25.3 Å². The van der Waals surface area contributed by atoms with E-state index in [4.69, 9.17) is 16.3 Å². The molecule has 9 nitrogen and oxygen atoms in total. The zero-order valence-electron chi connectivity index (χ0n) is 19.1. The van der Waals surface area contributed by atoms with Crippen molar-refractivity contribution in [3.05, 3.63) is 82.9 Å². The van der Waals surface area contributed by atoms with Gasteiger partial charge in [0.2, 0.25) is 0 Å². The first-order valence-electron chi connectivity index (χ1n) is 10.5. The number of amides is 1. The minimum Gasteiger partial charge on any atom is -0.505 e. The second kappa shape index (κ2) is 9.94. The average Bonchev–Trinajstić information content (AvgIpc) is 2.84. The maximum Gasteiger partial charge on any atom is 0.296 e. The number of methoxy groups -OCH3 is 1. The van der Waals surface area contributed by atoms with Crippen molar-refractivity contribution >= 4 is 55.5 Å². The number of phenols is 1. The molecule has 0 aliphatic rings. The molecule has 4 aromatic carbocycles. The maximum absolute atomic E-state index is 13.1. The van der Waals surface area contributed by atoms with Crippen LogP contribution in [-0.4, -0.2) is 31.1 Å². The fraction of sp³-hybridized carbons (Fsp3) is 0.0800. The molecule has 36 heavy (non-hydrogen) atoms. The molecular formula is C25H20ClN3O6S. The Morgan fingerprint density at radius 3 is 2.44 bits per heavy atom. The standard InChI is InChI=1S/C25H20ClN3O6S/c1-14-11-22(36(32,33)34)20(13-18(14)26)28-29-23-16-8-4-3-7-15(16)12-17(24(23)30)25(31)27-19-9-5-6-10-21(19)35-2/h3-13,30H,1-2H3,(H,27,31)(H,32,33,34). The summed E-state index contributed by atoms with van der Waals surface area (Å²) >= 11 is 6.12. The zero-order chi connectivity index (χ0) is 26.0. The van der Waals surface area contributed by atoms with Gasteiger partial charge in [0.1, 0.15) is 22.0 Å². The van der Waals surface area contributed by atoms with Crippen molar-refractivity contribution in [3.8, 4) is 11.5 Å². The van der Waals surface area contributed by atoms with Crippen LogP contribution in [0.2, 0.25) is 5.02 Å². The molecule has 0 saturated heterocycles. The number of halogens is 1. The molecule has 0 saturated carbocycles. The molecule has 0 radical (unpaired) electrons. The number of aromatic hydroxyl groups is 1. The normalized spacial score (nSPS) is 11.7. The number of ether oxygens (including phenoxy) is 1. The Morgan fingerprint density at radius 2 is 1.72 bits per heavy atom. The predicted molar refractivity (Wildman–Crippen MR) is 137 cm³/mol. The maximum atomic E-state index is 13.1. The SMILES string of the molecule is COc1ccccc1NC(=O)c1cc2ccccc2c(N=Nc2cc(Cl)c(C)cc2S(=O)(=O)O)c1O.